The topological polar surface area (TPSA) is 51.2 Å². The minimum absolute atomic E-state index is 0.213. The highest BCUT2D eigenvalue weighted by Gasteiger charge is 2.32. The Hall–Kier alpha value is -2.09. The Balaban J connectivity index is 2.21. The zero-order valence-corrected chi connectivity index (χ0v) is 11.9. The first-order valence-electron chi connectivity index (χ1n) is 5.63. The van der Waals surface area contributed by atoms with Crippen LogP contribution in [0.25, 0.3) is 0 Å². The Bertz CT molecular complexity index is 645. The summed E-state index contributed by atoms with van der Waals surface area (Å²) in [4.78, 5) is 15.9. The maximum Gasteiger partial charge on any atom is 0.573 e. The van der Waals surface area contributed by atoms with Crippen molar-refractivity contribution in [3.8, 4) is 5.75 Å². The molecule has 0 fully saturated rings. The number of amides is 1. The van der Waals surface area contributed by atoms with E-state index < -0.39 is 18.0 Å². The Morgan fingerprint density at radius 3 is 2.52 bits per heavy atom. The van der Waals surface area contributed by atoms with E-state index in [0.29, 0.717) is 4.47 Å². The lowest BCUT2D eigenvalue weighted by atomic mass is 10.2. The second-order valence-electron chi connectivity index (χ2n) is 3.86. The number of rotatable bonds is 3. The summed E-state index contributed by atoms with van der Waals surface area (Å²) >= 11 is 3.18. The number of pyridine rings is 1. The molecule has 1 N–H and O–H groups in total. The van der Waals surface area contributed by atoms with E-state index in [1.807, 2.05) is 0 Å². The smallest absolute Gasteiger partial charge is 0.405 e. The van der Waals surface area contributed by atoms with Crippen LogP contribution in [-0.4, -0.2) is 17.3 Å². The number of alkyl halides is 3. The molecule has 0 saturated heterocycles. The van der Waals surface area contributed by atoms with E-state index in [1.165, 1.54) is 30.5 Å². The monoisotopic (exact) mass is 360 g/mol. The number of anilines is 1. The van der Waals surface area contributed by atoms with Gasteiger partial charge < -0.3 is 10.1 Å². The number of hydrogen-bond donors (Lipinski definition) is 1. The first-order valence-corrected chi connectivity index (χ1v) is 6.42. The largest absolute Gasteiger partial charge is 0.573 e. The molecular weight excluding hydrogens is 353 g/mol. The van der Waals surface area contributed by atoms with Crippen molar-refractivity contribution in [1.82, 2.24) is 4.98 Å². The van der Waals surface area contributed by atoms with Crippen LogP contribution in [0.2, 0.25) is 0 Å². The molecule has 2 rings (SSSR count). The average Bonchev–Trinajstić information content (AvgIpc) is 2.40. The average molecular weight is 361 g/mol. The van der Waals surface area contributed by atoms with E-state index in [9.17, 15) is 18.0 Å². The fraction of sp³-hybridized carbons (Fsp3) is 0.0769. The van der Waals surface area contributed by atoms with E-state index in [1.54, 1.807) is 6.07 Å². The van der Waals surface area contributed by atoms with Gasteiger partial charge in [-0.25, -0.2) is 4.98 Å². The van der Waals surface area contributed by atoms with E-state index in [-0.39, 0.29) is 11.4 Å². The van der Waals surface area contributed by atoms with Gasteiger partial charge in [-0.3, -0.25) is 4.79 Å². The number of carbonyl (C=O) groups is 1. The van der Waals surface area contributed by atoms with Crippen LogP contribution in [0.15, 0.2) is 47.1 Å². The third-order valence-electron chi connectivity index (χ3n) is 2.33. The minimum atomic E-state index is -4.87. The predicted molar refractivity (Wildman–Crippen MR) is 73.0 cm³/mol. The molecule has 0 aliphatic rings. The molecule has 0 bridgehead atoms. The van der Waals surface area contributed by atoms with Crippen molar-refractivity contribution in [3.63, 3.8) is 0 Å². The molecule has 110 valence electrons. The SMILES string of the molecule is O=C(Nc1ccc(Br)cn1)c1ccccc1OC(F)(F)F. The number of ether oxygens (including phenoxy) is 1. The third-order valence-corrected chi connectivity index (χ3v) is 2.80. The lowest BCUT2D eigenvalue weighted by molar-refractivity contribution is -0.274. The van der Waals surface area contributed by atoms with Gasteiger partial charge in [0, 0.05) is 10.7 Å². The predicted octanol–water partition coefficient (Wildman–Crippen LogP) is 4.00. The highest BCUT2D eigenvalue weighted by atomic mass is 79.9. The van der Waals surface area contributed by atoms with Crippen LogP contribution < -0.4 is 10.1 Å². The summed E-state index contributed by atoms with van der Waals surface area (Å²) in [5, 5.41) is 2.39. The van der Waals surface area contributed by atoms with Gasteiger partial charge in [-0.15, -0.1) is 13.2 Å². The zero-order chi connectivity index (χ0) is 15.5. The molecule has 1 heterocycles. The summed E-state index contributed by atoms with van der Waals surface area (Å²) < 4.78 is 41.4. The van der Waals surface area contributed by atoms with Gasteiger partial charge >= 0.3 is 6.36 Å². The Labute approximate surface area is 126 Å². The first kappa shape index (κ1) is 15.3. The number of aromatic nitrogens is 1. The van der Waals surface area contributed by atoms with Crippen LogP contribution in [0.5, 0.6) is 5.75 Å². The number of hydrogen-bond acceptors (Lipinski definition) is 3. The summed E-state index contributed by atoms with van der Waals surface area (Å²) in [6.07, 6.45) is -3.42. The molecule has 8 heteroatoms. The standard InChI is InChI=1S/C13H8BrF3N2O2/c14-8-5-6-11(18-7-8)19-12(20)9-3-1-2-4-10(9)21-13(15,16)17/h1-7H,(H,18,19,20). The lowest BCUT2D eigenvalue weighted by Crippen LogP contribution is -2.21. The highest BCUT2D eigenvalue weighted by Crippen LogP contribution is 2.26. The second kappa shape index (κ2) is 6.13. The van der Waals surface area contributed by atoms with Crippen molar-refractivity contribution < 1.29 is 22.7 Å². The molecule has 0 spiro atoms. The zero-order valence-electron chi connectivity index (χ0n) is 10.3. The van der Waals surface area contributed by atoms with Crippen LogP contribution in [0.3, 0.4) is 0 Å². The molecule has 4 nitrogen and oxygen atoms in total. The summed E-state index contributed by atoms with van der Waals surface area (Å²) in [5.41, 5.74) is -0.237. The van der Waals surface area contributed by atoms with E-state index in [2.05, 4.69) is 31.0 Å². The molecule has 21 heavy (non-hydrogen) atoms. The number of halogens is 4. The number of nitrogens with zero attached hydrogens (tertiary/aromatic N) is 1. The first-order chi connectivity index (χ1) is 9.85. The molecule has 2 aromatic rings. The number of para-hydroxylation sites is 1. The number of carbonyl (C=O) groups excluding carboxylic acids is 1. The maximum absolute atomic E-state index is 12.3. The van der Waals surface area contributed by atoms with Gasteiger partial charge in [0.15, 0.2) is 0 Å². The van der Waals surface area contributed by atoms with Gasteiger partial charge in [0.05, 0.1) is 5.56 Å². The summed E-state index contributed by atoms with van der Waals surface area (Å²) in [5.74, 6) is -1.10. The Morgan fingerprint density at radius 2 is 1.90 bits per heavy atom. The van der Waals surface area contributed by atoms with E-state index in [4.69, 9.17) is 0 Å². The molecular formula is C13H8BrF3N2O2. The minimum Gasteiger partial charge on any atom is -0.405 e. The van der Waals surface area contributed by atoms with Gasteiger partial charge in [0.1, 0.15) is 11.6 Å². The van der Waals surface area contributed by atoms with Gasteiger partial charge in [0.25, 0.3) is 5.91 Å². The van der Waals surface area contributed by atoms with Crippen LogP contribution in [0.4, 0.5) is 19.0 Å². The van der Waals surface area contributed by atoms with Crippen molar-refractivity contribution in [2.45, 2.75) is 6.36 Å². The second-order valence-corrected chi connectivity index (χ2v) is 4.78. The maximum atomic E-state index is 12.3. The van der Waals surface area contributed by atoms with E-state index >= 15 is 0 Å². The van der Waals surface area contributed by atoms with Crippen molar-refractivity contribution in [3.05, 3.63) is 52.6 Å². The molecule has 0 aliphatic carbocycles. The molecule has 1 amide bonds. The van der Waals surface area contributed by atoms with Gasteiger partial charge in [-0.05, 0) is 40.2 Å². The molecule has 0 aliphatic heterocycles. The molecule has 0 unspecified atom stereocenters. The van der Waals surface area contributed by atoms with Crippen LogP contribution in [0.1, 0.15) is 10.4 Å². The molecule has 1 aromatic carbocycles. The van der Waals surface area contributed by atoms with Crippen molar-refractivity contribution in [2.75, 3.05) is 5.32 Å². The third kappa shape index (κ3) is 4.45. The number of benzene rings is 1. The quantitative estimate of drug-likeness (QED) is 0.899. The summed E-state index contributed by atoms with van der Waals surface area (Å²) in [7, 11) is 0. The fourth-order valence-electron chi connectivity index (χ4n) is 1.50. The lowest BCUT2D eigenvalue weighted by Gasteiger charge is -2.12. The summed E-state index contributed by atoms with van der Waals surface area (Å²) in [6.45, 7) is 0. The van der Waals surface area contributed by atoms with Gasteiger partial charge in [-0.1, -0.05) is 12.1 Å². The van der Waals surface area contributed by atoms with Gasteiger partial charge in [-0.2, -0.15) is 0 Å². The van der Waals surface area contributed by atoms with Gasteiger partial charge in [0.2, 0.25) is 0 Å². The van der Waals surface area contributed by atoms with Crippen molar-refractivity contribution >= 4 is 27.7 Å². The normalized spacial score (nSPS) is 11.0. The molecule has 0 radical (unpaired) electrons. The van der Waals surface area contributed by atoms with Crippen LogP contribution in [-0.2, 0) is 0 Å². The molecule has 0 atom stereocenters. The fourth-order valence-corrected chi connectivity index (χ4v) is 1.74. The molecule has 1 aromatic heterocycles. The molecule has 0 saturated carbocycles. The Kier molecular flexibility index (Phi) is 4.46. The number of nitrogens with one attached hydrogen (secondary N) is 1. The Morgan fingerprint density at radius 1 is 1.19 bits per heavy atom. The van der Waals surface area contributed by atoms with Crippen molar-refractivity contribution in [2.24, 2.45) is 0 Å². The van der Waals surface area contributed by atoms with Crippen LogP contribution >= 0.6 is 15.9 Å². The summed E-state index contributed by atoms with van der Waals surface area (Å²) in [6, 6.07) is 8.23. The van der Waals surface area contributed by atoms with E-state index in [0.717, 1.165) is 6.07 Å². The highest BCUT2D eigenvalue weighted by molar-refractivity contribution is 9.10. The van der Waals surface area contributed by atoms with Crippen LogP contribution in [0, 0.1) is 0 Å². The van der Waals surface area contributed by atoms with Crippen molar-refractivity contribution in [1.29, 1.82) is 0 Å².